The van der Waals surface area contributed by atoms with E-state index in [4.69, 9.17) is 9.47 Å². The molecule has 0 aliphatic carbocycles. The van der Waals surface area contributed by atoms with Crippen molar-refractivity contribution in [3.8, 4) is 0 Å². The average Bonchev–Trinajstić information content (AvgIpc) is 2.95. The van der Waals surface area contributed by atoms with Crippen LogP contribution in [-0.4, -0.2) is 53.7 Å². The fraction of sp³-hybridized carbons (Fsp3) is 0.632. The zero-order chi connectivity index (χ0) is 19.9. The minimum Gasteiger partial charge on any atom is -0.467 e. The van der Waals surface area contributed by atoms with Gasteiger partial charge in [0.15, 0.2) is 0 Å². The van der Waals surface area contributed by atoms with Gasteiger partial charge in [-0.3, -0.25) is 4.79 Å². The minimum atomic E-state index is -0.861. The van der Waals surface area contributed by atoms with E-state index in [1.54, 1.807) is 26.8 Å². The number of ether oxygens (including phenoxy) is 2. The van der Waals surface area contributed by atoms with Crippen LogP contribution in [0.1, 0.15) is 47.0 Å². The third-order valence-electron chi connectivity index (χ3n) is 3.96. The van der Waals surface area contributed by atoms with Crippen molar-refractivity contribution in [3.63, 3.8) is 0 Å². The molecule has 146 valence electrons. The maximum Gasteiger partial charge on any atom is 0.408 e. The van der Waals surface area contributed by atoms with Gasteiger partial charge in [0.1, 0.15) is 17.7 Å². The second-order valence-corrected chi connectivity index (χ2v) is 7.18. The lowest BCUT2D eigenvalue weighted by molar-refractivity contribution is -0.152. The molecule has 26 heavy (non-hydrogen) atoms. The van der Waals surface area contributed by atoms with E-state index in [9.17, 15) is 14.4 Å². The monoisotopic (exact) mass is 366 g/mol. The number of esters is 1. The summed E-state index contributed by atoms with van der Waals surface area (Å²) in [5, 5.41) is 2.59. The summed E-state index contributed by atoms with van der Waals surface area (Å²) in [7, 11) is 1.30. The topological polar surface area (TPSA) is 84.9 Å². The highest BCUT2D eigenvalue weighted by atomic mass is 16.6. The van der Waals surface area contributed by atoms with Crippen molar-refractivity contribution < 1.29 is 23.9 Å². The number of hydrogen-bond acceptors (Lipinski definition) is 5. The molecule has 1 aliphatic heterocycles. The smallest absolute Gasteiger partial charge is 0.408 e. The third kappa shape index (κ3) is 5.89. The van der Waals surface area contributed by atoms with Crippen LogP contribution in [0.5, 0.6) is 0 Å². The predicted octanol–water partition coefficient (Wildman–Crippen LogP) is 2.56. The number of methoxy groups -OCH3 is 1. The van der Waals surface area contributed by atoms with E-state index in [2.05, 4.69) is 11.9 Å². The number of amides is 2. The standard InChI is InChI=1S/C19H30N2O5/c1-7-9-13-11-12-15(17(23)25-6)21(13)16(22)14(10-8-2)20-18(24)26-19(3,4)5/h7-9,13-15H,2,10-12H2,1,3-6H3,(H,20,24)/b9-7-/t13-,14-,15+/m1/s1. The van der Waals surface area contributed by atoms with Gasteiger partial charge in [-0.2, -0.15) is 0 Å². The zero-order valence-corrected chi connectivity index (χ0v) is 16.3. The Bertz CT molecular complexity index is 565. The van der Waals surface area contributed by atoms with Crippen LogP contribution >= 0.6 is 0 Å². The first-order valence-corrected chi connectivity index (χ1v) is 8.77. The molecular formula is C19H30N2O5. The van der Waals surface area contributed by atoms with E-state index in [1.807, 2.05) is 19.1 Å². The number of allylic oxidation sites excluding steroid dienone is 1. The number of nitrogens with one attached hydrogen (secondary N) is 1. The van der Waals surface area contributed by atoms with Gasteiger partial charge in [-0.1, -0.05) is 18.2 Å². The molecule has 1 heterocycles. The highest BCUT2D eigenvalue weighted by Crippen LogP contribution is 2.27. The maximum absolute atomic E-state index is 13.1. The van der Waals surface area contributed by atoms with Crippen LogP contribution in [0.2, 0.25) is 0 Å². The van der Waals surface area contributed by atoms with E-state index < -0.39 is 29.7 Å². The van der Waals surface area contributed by atoms with Crippen molar-refractivity contribution in [2.45, 2.75) is 70.7 Å². The Labute approximate surface area is 155 Å². The predicted molar refractivity (Wildman–Crippen MR) is 98.5 cm³/mol. The first-order valence-electron chi connectivity index (χ1n) is 8.77. The Hall–Kier alpha value is -2.31. The van der Waals surface area contributed by atoms with Crippen molar-refractivity contribution in [1.82, 2.24) is 10.2 Å². The van der Waals surface area contributed by atoms with Crippen molar-refractivity contribution in [1.29, 1.82) is 0 Å². The highest BCUT2D eigenvalue weighted by molar-refractivity contribution is 5.90. The van der Waals surface area contributed by atoms with Gasteiger partial charge in [0, 0.05) is 0 Å². The lowest BCUT2D eigenvalue weighted by atomic mass is 10.1. The summed E-state index contributed by atoms with van der Waals surface area (Å²) >= 11 is 0. The Morgan fingerprint density at radius 2 is 1.96 bits per heavy atom. The summed E-state index contributed by atoms with van der Waals surface area (Å²) in [6, 6.07) is -1.74. The van der Waals surface area contributed by atoms with Gasteiger partial charge in [-0.15, -0.1) is 6.58 Å². The van der Waals surface area contributed by atoms with Crippen molar-refractivity contribution in [3.05, 3.63) is 24.8 Å². The van der Waals surface area contributed by atoms with Crippen molar-refractivity contribution in [2.75, 3.05) is 7.11 Å². The van der Waals surface area contributed by atoms with Crippen LogP contribution in [-0.2, 0) is 19.1 Å². The molecule has 1 saturated heterocycles. The molecule has 3 atom stereocenters. The molecule has 1 aliphatic rings. The summed E-state index contributed by atoms with van der Waals surface area (Å²) in [5.74, 6) is -0.813. The molecule has 2 amide bonds. The van der Waals surface area contributed by atoms with Gasteiger partial charge < -0.3 is 19.7 Å². The zero-order valence-electron chi connectivity index (χ0n) is 16.3. The molecule has 0 aromatic heterocycles. The molecule has 1 rings (SSSR count). The van der Waals surface area contributed by atoms with Crippen molar-refractivity contribution >= 4 is 18.0 Å². The summed E-state index contributed by atoms with van der Waals surface area (Å²) in [6.07, 6.45) is 5.98. The molecule has 1 N–H and O–H groups in total. The van der Waals surface area contributed by atoms with Crippen molar-refractivity contribution in [2.24, 2.45) is 0 Å². The number of carbonyl (C=O) groups is 3. The number of nitrogens with zero attached hydrogens (tertiary/aromatic N) is 1. The second kappa shape index (κ2) is 9.40. The molecule has 1 fully saturated rings. The normalized spacial score (nSPS) is 21.3. The SMILES string of the molecule is C=CC[C@@H](NC(=O)OC(C)(C)C)C(=O)N1[C@H](/C=C\C)CC[C@H]1C(=O)OC. The summed E-state index contributed by atoms with van der Waals surface area (Å²) in [4.78, 5) is 38.8. The summed E-state index contributed by atoms with van der Waals surface area (Å²) < 4.78 is 10.1. The number of likely N-dealkylation sites (tertiary alicyclic amines) is 1. The number of alkyl carbamates (subject to hydrolysis) is 1. The van der Waals surface area contributed by atoms with Gasteiger partial charge in [0.2, 0.25) is 5.91 Å². The molecule has 7 heteroatoms. The fourth-order valence-electron chi connectivity index (χ4n) is 2.95. The van der Waals surface area contributed by atoms with Crippen LogP contribution < -0.4 is 5.32 Å². The average molecular weight is 366 g/mol. The molecule has 0 aromatic carbocycles. The fourth-order valence-corrected chi connectivity index (χ4v) is 2.95. The number of hydrogen-bond donors (Lipinski definition) is 1. The Morgan fingerprint density at radius 1 is 1.31 bits per heavy atom. The molecule has 0 saturated carbocycles. The van der Waals surface area contributed by atoms with Crippen LogP contribution in [0.25, 0.3) is 0 Å². The van der Waals surface area contributed by atoms with E-state index in [0.29, 0.717) is 12.8 Å². The molecule has 0 spiro atoms. The van der Waals surface area contributed by atoms with Gasteiger partial charge in [-0.05, 0) is 47.0 Å². The van der Waals surface area contributed by atoms with Crippen LogP contribution in [0.15, 0.2) is 24.8 Å². The largest absolute Gasteiger partial charge is 0.467 e. The molecule has 0 radical (unpaired) electrons. The van der Waals surface area contributed by atoms with E-state index >= 15 is 0 Å². The Kier molecular flexibility index (Phi) is 7.86. The number of rotatable bonds is 6. The Balaban J connectivity index is 3.03. The molecule has 0 aromatic rings. The van der Waals surface area contributed by atoms with Crippen LogP contribution in [0, 0.1) is 0 Å². The summed E-state index contributed by atoms with van der Waals surface area (Å²) in [5.41, 5.74) is -0.679. The van der Waals surface area contributed by atoms with Crippen LogP contribution in [0.4, 0.5) is 4.79 Å². The molecule has 7 nitrogen and oxygen atoms in total. The maximum atomic E-state index is 13.1. The van der Waals surface area contributed by atoms with Gasteiger partial charge in [0.05, 0.1) is 13.2 Å². The van der Waals surface area contributed by atoms with Gasteiger partial charge in [0.25, 0.3) is 0 Å². The third-order valence-corrected chi connectivity index (χ3v) is 3.96. The highest BCUT2D eigenvalue weighted by Gasteiger charge is 2.42. The van der Waals surface area contributed by atoms with Crippen LogP contribution in [0.3, 0.4) is 0 Å². The second-order valence-electron chi connectivity index (χ2n) is 7.18. The number of carbonyl (C=O) groups excluding carboxylic acids is 3. The molecule has 0 unspecified atom stereocenters. The van der Waals surface area contributed by atoms with Gasteiger partial charge >= 0.3 is 12.1 Å². The van der Waals surface area contributed by atoms with E-state index in [1.165, 1.54) is 12.0 Å². The Morgan fingerprint density at radius 3 is 2.46 bits per heavy atom. The molecule has 0 bridgehead atoms. The van der Waals surface area contributed by atoms with E-state index in [0.717, 1.165) is 0 Å². The quantitative estimate of drug-likeness (QED) is 0.577. The lowest BCUT2D eigenvalue weighted by Gasteiger charge is -2.31. The first-order chi connectivity index (χ1) is 12.1. The van der Waals surface area contributed by atoms with Gasteiger partial charge in [-0.25, -0.2) is 9.59 Å². The van der Waals surface area contributed by atoms with E-state index in [-0.39, 0.29) is 18.4 Å². The summed E-state index contributed by atoms with van der Waals surface area (Å²) in [6.45, 7) is 10.7. The first kappa shape index (κ1) is 21.7. The minimum absolute atomic E-state index is 0.218. The molecular weight excluding hydrogens is 336 g/mol. The lowest BCUT2D eigenvalue weighted by Crippen LogP contribution is -2.54.